The lowest BCUT2D eigenvalue weighted by Gasteiger charge is -2.14. The number of rotatable bonds is 6. The van der Waals surface area contributed by atoms with Crippen LogP contribution in [-0.4, -0.2) is 33.9 Å². The highest BCUT2D eigenvalue weighted by atomic mass is 19.4. The monoisotopic (exact) mass is 386 g/mol. The SMILES string of the molecule is CCc1ncn(CCc2ccccc2OC)c1C(C)C.O=C(O)C(F)(F)F. The topological polar surface area (TPSA) is 64.4 Å². The summed E-state index contributed by atoms with van der Waals surface area (Å²) >= 11 is 0. The summed E-state index contributed by atoms with van der Waals surface area (Å²) in [5.41, 5.74) is 3.83. The lowest BCUT2D eigenvalue weighted by atomic mass is 10.1. The van der Waals surface area contributed by atoms with Crippen molar-refractivity contribution in [2.45, 2.75) is 52.3 Å². The Morgan fingerprint density at radius 2 is 1.89 bits per heavy atom. The number of hydrogen-bond acceptors (Lipinski definition) is 3. The molecule has 5 nitrogen and oxygen atoms in total. The molecule has 1 heterocycles. The van der Waals surface area contributed by atoms with Gasteiger partial charge < -0.3 is 14.4 Å². The van der Waals surface area contributed by atoms with Gasteiger partial charge in [-0.05, 0) is 30.4 Å². The average molecular weight is 386 g/mol. The lowest BCUT2D eigenvalue weighted by Crippen LogP contribution is -2.21. The number of para-hydroxylation sites is 1. The quantitative estimate of drug-likeness (QED) is 0.796. The number of aliphatic carboxylic acids is 1. The summed E-state index contributed by atoms with van der Waals surface area (Å²) in [5.74, 6) is -1.29. The van der Waals surface area contributed by atoms with Crippen LogP contribution in [-0.2, 0) is 24.2 Å². The zero-order valence-corrected chi connectivity index (χ0v) is 15.9. The first-order chi connectivity index (χ1) is 12.6. The summed E-state index contributed by atoms with van der Waals surface area (Å²) in [4.78, 5) is 13.4. The Labute approximate surface area is 156 Å². The number of aromatic nitrogens is 2. The molecule has 1 N–H and O–H groups in total. The summed E-state index contributed by atoms with van der Waals surface area (Å²) in [6, 6.07) is 8.22. The molecule has 0 radical (unpaired) electrons. The molecular formula is C19H25F3N2O3. The number of nitrogens with zero attached hydrogens (tertiary/aromatic N) is 2. The average Bonchev–Trinajstić information content (AvgIpc) is 3.03. The molecule has 0 aliphatic heterocycles. The third-order valence-corrected chi connectivity index (χ3v) is 3.90. The van der Waals surface area contributed by atoms with Crippen LogP contribution in [0.3, 0.4) is 0 Å². The Morgan fingerprint density at radius 3 is 2.37 bits per heavy atom. The minimum Gasteiger partial charge on any atom is -0.496 e. The predicted octanol–water partition coefficient (Wildman–Crippen LogP) is 4.45. The van der Waals surface area contributed by atoms with Gasteiger partial charge >= 0.3 is 12.1 Å². The van der Waals surface area contributed by atoms with Crippen LogP contribution in [0.15, 0.2) is 30.6 Å². The van der Waals surface area contributed by atoms with Crippen LogP contribution in [0.4, 0.5) is 13.2 Å². The van der Waals surface area contributed by atoms with Gasteiger partial charge in [0.1, 0.15) is 5.75 Å². The molecule has 0 bridgehead atoms. The molecule has 0 aliphatic rings. The van der Waals surface area contributed by atoms with Crippen molar-refractivity contribution in [2.24, 2.45) is 0 Å². The molecule has 150 valence electrons. The van der Waals surface area contributed by atoms with E-state index in [1.807, 2.05) is 18.5 Å². The maximum Gasteiger partial charge on any atom is 0.490 e. The largest absolute Gasteiger partial charge is 0.496 e. The Balaban J connectivity index is 0.000000445. The van der Waals surface area contributed by atoms with Gasteiger partial charge in [0.15, 0.2) is 0 Å². The van der Waals surface area contributed by atoms with E-state index in [0.717, 1.165) is 25.1 Å². The van der Waals surface area contributed by atoms with E-state index in [0.29, 0.717) is 5.92 Å². The number of ether oxygens (including phenoxy) is 1. The summed E-state index contributed by atoms with van der Waals surface area (Å²) in [7, 11) is 1.73. The van der Waals surface area contributed by atoms with Crippen LogP contribution < -0.4 is 4.74 Å². The van der Waals surface area contributed by atoms with Crippen molar-refractivity contribution in [3.05, 3.63) is 47.5 Å². The maximum atomic E-state index is 10.6. The Kier molecular flexibility index (Phi) is 8.33. The molecule has 2 aromatic rings. The second kappa shape index (κ2) is 9.99. The number of aryl methyl sites for hydroxylation is 3. The molecule has 0 saturated carbocycles. The van der Waals surface area contributed by atoms with Crippen molar-refractivity contribution >= 4 is 5.97 Å². The lowest BCUT2D eigenvalue weighted by molar-refractivity contribution is -0.192. The van der Waals surface area contributed by atoms with E-state index in [1.165, 1.54) is 17.0 Å². The minimum absolute atomic E-state index is 0.505. The normalized spacial score (nSPS) is 11.1. The van der Waals surface area contributed by atoms with Crippen molar-refractivity contribution in [1.29, 1.82) is 0 Å². The van der Waals surface area contributed by atoms with Crippen molar-refractivity contribution in [1.82, 2.24) is 9.55 Å². The smallest absolute Gasteiger partial charge is 0.490 e. The number of benzene rings is 1. The summed E-state index contributed by atoms with van der Waals surface area (Å²) in [6.45, 7) is 7.57. The Bertz CT molecular complexity index is 740. The van der Waals surface area contributed by atoms with Gasteiger partial charge in [0, 0.05) is 12.2 Å². The Hall–Kier alpha value is -2.51. The van der Waals surface area contributed by atoms with Gasteiger partial charge in [-0.2, -0.15) is 13.2 Å². The number of carboxylic acids is 1. The third kappa shape index (κ3) is 6.62. The van der Waals surface area contributed by atoms with Gasteiger partial charge in [-0.25, -0.2) is 9.78 Å². The van der Waals surface area contributed by atoms with Crippen LogP contribution in [0.1, 0.15) is 43.6 Å². The molecule has 1 aromatic heterocycles. The van der Waals surface area contributed by atoms with E-state index < -0.39 is 12.1 Å². The first-order valence-corrected chi connectivity index (χ1v) is 8.57. The van der Waals surface area contributed by atoms with Gasteiger partial charge in [0.05, 0.1) is 19.1 Å². The second-order valence-electron chi connectivity index (χ2n) is 6.14. The zero-order valence-electron chi connectivity index (χ0n) is 15.9. The van der Waals surface area contributed by atoms with E-state index in [2.05, 4.69) is 42.5 Å². The summed E-state index contributed by atoms with van der Waals surface area (Å²) < 4.78 is 39.4. The van der Waals surface area contributed by atoms with E-state index in [9.17, 15) is 13.2 Å². The first kappa shape index (κ1) is 22.5. The molecule has 0 amide bonds. The first-order valence-electron chi connectivity index (χ1n) is 8.57. The maximum absolute atomic E-state index is 10.6. The number of carbonyl (C=O) groups is 1. The van der Waals surface area contributed by atoms with E-state index >= 15 is 0 Å². The van der Waals surface area contributed by atoms with Crippen molar-refractivity contribution in [2.75, 3.05) is 7.11 Å². The fourth-order valence-corrected chi connectivity index (χ4v) is 2.70. The number of carboxylic acid groups (broad SMARTS) is 1. The molecule has 0 saturated heterocycles. The number of hydrogen-bond donors (Lipinski definition) is 1. The molecule has 0 aliphatic carbocycles. The fraction of sp³-hybridized carbons (Fsp3) is 0.474. The highest BCUT2D eigenvalue weighted by molar-refractivity contribution is 5.73. The third-order valence-electron chi connectivity index (χ3n) is 3.90. The van der Waals surface area contributed by atoms with Crippen molar-refractivity contribution in [3.8, 4) is 5.75 Å². The van der Waals surface area contributed by atoms with Gasteiger partial charge in [-0.1, -0.05) is 39.0 Å². The standard InChI is InChI=1S/C17H24N2O.C2HF3O2/c1-5-15-17(13(2)3)19(12-18-15)11-10-14-8-6-7-9-16(14)20-4;3-2(4,5)1(6)7/h6-9,12-13H,5,10-11H2,1-4H3;(H,6,7). The van der Waals surface area contributed by atoms with Crippen LogP contribution in [0.25, 0.3) is 0 Å². The van der Waals surface area contributed by atoms with Crippen LogP contribution in [0.5, 0.6) is 5.75 Å². The molecule has 0 spiro atoms. The molecule has 8 heteroatoms. The molecule has 0 fully saturated rings. The predicted molar refractivity (Wildman–Crippen MR) is 96.1 cm³/mol. The Morgan fingerprint density at radius 1 is 1.30 bits per heavy atom. The molecule has 1 aromatic carbocycles. The van der Waals surface area contributed by atoms with Gasteiger partial charge in [0.2, 0.25) is 0 Å². The van der Waals surface area contributed by atoms with E-state index in [-0.39, 0.29) is 0 Å². The van der Waals surface area contributed by atoms with Crippen molar-refractivity contribution in [3.63, 3.8) is 0 Å². The van der Waals surface area contributed by atoms with E-state index in [4.69, 9.17) is 14.6 Å². The van der Waals surface area contributed by atoms with E-state index in [1.54, 1.807) is 7.11 Å². The molecule has 2 rings (SSSR count). The van der Waals surface area contributed by atoms with Gasteiger partial charge in [-0.3, -0.25) is 0 Å². The van der Waals surface area contributed by atoms with Gasteiger partial charge in [-0.15, -0.1) is 0 Å². The molecule has 0 unspecified atom stereocenters. The van der Waals surface area contributed by atoms with Crippen molar-refractivity contribution < 1.29 is 27.8 Å². The number of alkyl halides is 3. The number of halogens is 3. The summed E-state index contributed by atoms with van der Waals surface area (Å²) in [5, 5.41) is 7.12. The zero-order chi connectivity index (χ0) is 20.6. The summed E-state index contributed by atoms with van der Waals surface area (Å²) in [6.07, 6.45) is -1.15. The highest BCUT2D eigenvalue weighted by Gasteiger charge is 2.38. The second-order valence-corrected chi connectivity index (χ2v) is 6.14. The molecular weight excluding hydrogens is 361 g/mol. The molecule has 27 heavy (non-hydrogen) atoms. The van der Waals surface area contributed by atoms with Crippen LogP contribution >= 0.6 is 0 Å². The number of methoxy groups -OCH3 is 1. The van der Waals surface area contributed by atoms with Crippen LogP contribution in [0.2, 0.25) is 0 Å². The van der Waals surface area contributed by atoms with Crippen LogP contribution in [0, 0.1) is 0 Å². The minimum atomic E-state index is -5.08. The highest BCUT2D eigenvalue weighted by Crippen LogP contribution is 2.22. The molecule has 0 atom stereocenters. The van der Waals surface area contributed by atoms with Gasteiger partial charge in [0.25, 0.3) is 0 Å². The fourth-order valence-electron chi connectivity index (χ4n) is 2.70. The number of imidazole rings is 1.